The van der Waals surface area contributed by atoms with Gasteiger partial charge in [0, 0.05) is 15.5 Å². The number of hydrogen-bond acceptors (Lipinski definition) is 1. The molecule has 0 saturated carbocycles. The Morgan fingerprint density at radius 2 is 2.17 bits per heavy atom. The monoisotopic (exact) mass is 331 g/mol. The molecule has 1 amide bonds. The van der Waals surface area contributed by atoms with E-state index < -0.39 is 0 Å². The third-order valence-electron chi connectivity index (χ3n) is 2.79. The van der Waals surface area contributed by atoms with E-state index in [-0.39, 0.29) is 11.9 Å². The number of amides is 1. The van der Waals surface area contributed by atoms with Gasteiger partial charge < -0.3 is 5.32 Å². The third kappa shape index (κ3) is 4.99. The van der Waals surface area contributed by atoms with Gasteiger partial charge in [-0.05, 0) is 47.5 Å². The number of benzene rings is 1. The molecule has 0 saturated heterocycles. The van der Waals surface area contributed by atoms with Crippen LogP contribution in [0, 0.1) is 0 Å². The van der Waals surface area contributed by atoms with Crippen molar-refractivity contribution in [2.75, 3.05) is 0 Å². The summed E-state index contributed by atoms with van der Waals surface area (Å²) in [6.45, 7) is 4.21. The normalized spacial score (nSPS) is 12.2. The van der Waals surface area contributed by atoms with E-state index in [0.29, 0.717) is 10.6 Å². The van der Waals surface area contributed by atoms with Crippen LogP contribution in [-0.2, 0) is 0 Å². The van der Waals surface area contributed by atoms with Crippen LogP contribution < -0.4 is 5.32 Å². The quantitative estimate of drug-likeness (QED) is 0.745. The number of carbonyl (C=O) groups excluding carboxylic acids is 1. The zero-order valence-corrected chi connectivity index (χ0v) is 13.1. The van der Waals surface area contributed by atoms with Crippen molar-refractivity contribution in [2.45, 2.75) is 45.6 Å². The lowest BCUT2D eigenvalue weighted by Gasteiger charge is -2.14. The Hall–Kier alpha value is -0.540. The minimum atomic E-state index is -0.0532. The van der Waals surface area contributed by atoms with Gasteiger partial charge in [0.05, 0.1) is 5.56 Å². The second kappa shape index (κ2) is 7.80. The third-order valence-corrected chi connectivity index (χ3v) is 3.69. The van der Waals surface area contributed by atoms with Gasteiger partial charge in [-0.1, -0.05) is 37.8 Å². The van der Waals surface area contributed by atoms with Gasteiger partial charge >= 0.3 is 0 Å². The van der Waals surface area contributed by atoms with Crippen molar-refractivity contribution in [1.29, 1.82) is 0 Å². The molecular weight excluding hydrogens is 314 g/mol. The molecule has 0 bridgehead atoms. The summed E-state index contributed by atoms with van der Waals surface area (Å²) in [5.41, 5.74) is 0.627. The molecule has 0 aromatic heterocycles. The maximum Gasteiger partial charge on any atom is 0.252 e. The van der Waals surface area contributed by atoms with Crippen molar-refractivity contribution in [3.05, 3.63) is 33.3 Å². The second-order valence-electron chi connectivity index (χ2n) is 4.49. The Morgan fingerprint density at radius 3 is 2.78 bits per heavy atom. The molecule has 0 aliphatic heterocycles. The molecule has 1 unspecified atom stereocenters. The van der Waals surface area contributed by atoms with Gasteiger partial charge in [-0.25, -0.2) is 0 Å². The van der Waals surface area contributed by atoms with E-state index in [4.69, 9.17) is 11.6 Å². The fraction of sp³-hybridized carbons (Fsp3) is 0.500. The van der Waals surface area contributed by atoms with Crippen LogP contribution in [0.15, 0.2) is 22.7 Å². The Labute approximate surface area is 122 Å². The van der Waals surface area contributed by atoms with E-state index in [0.717, 1.165) is 17.3 Å². The summed E-state index contributed by atoms with van der Waals surface area (Å²) in [6.07, 6.45) is 4.58. The predicted molar refractivity (Wildman–Crippen MR) is 80.2 cm³/mol. The van der Waals surface area contributed by atoms with Crippen molar-refractivity contribution in [3.8, 4) is 0 Å². The van der Waals surface area contributed by atoms with Crippen LogP contribution in [0.3, 0.4) is 0 Å². The van der Waals surface area contributed by atoms with Gasteiger partial charge in [-0.3, -0.25) is 4.79 Å². The van der Waals surface area contributed by atoms with Crippen molar-refractivity contribution < 1.29 is 4.79 Å². The van der Waals surface area contributed by atoms with Crippen LogP contribution in [0.25, 0.3) is 0 Å². The van der Waals surface area contributed by atoms with Gasteiger partial charge in [0.15, 0.2) is 0 Å². The molecule has 0 heterocycles. The van der Waals surface area contributed by atoms with Gasteiger partial charge in [0.25, 0.3) is 5.91 Å². The number of halogens is 2. The first-order valence-corrected chi connectivity index (χ1v) is 7.47. The number of unbranched alkanes of at least 4 members (excludes halogenated alkanes) is 2. The predicted octanol–water partition coefficient (Wildman–Crippen LogP) is 4.80. The van der Waals surface area contributed by atoms with E-state index in [2.05, 4.69) is 28.2 Å². The summed E-state index contributed by atoms with van der Waals surface area (Å²) >= 11 is 9.21. The number of rotatable bonds is 6. The maximum absolute atomic E-state index is 12.0. The van der Waals surface area contributed by atoms with Crippen LogP contribution in [0.4, 0.5) is 0 Å². The molecule has 1 aromatic rings. The Balaban J connectivity index is 2.54. The smallest absolute Gasteiger partial charge is 0.252 e. The van der Waals surface area contributed by atoms with Gasteiger partial charge in [-0.15, -0.1) is 0 Å². The minimum Gasteiger partial charge on any atom is -0.350 e. The van der Waals surface area contributed by atoms with E-state index >= 15 is 0 Å². The standard InChI is InChI=1S/C14H19BrClNO/c1-3-4-5-6-10(2)17-14(18)12-8-7-11(16)9-13(12)15/h7-10H,3-6H2,1-2H3,(H,17,18). The van der Waals surface area contributed by atoms with Crippen LogP contribution in [0.5, 0.6) is 0 Å². The molecule has 2 nitrogen and oxygen atoms in total. The Kier molecular flexibility index (Phi) is 6.72. The minimum absolute atomic E-state index is 0.0532. The SMILES string of the molecule is CCCCCC(C)NC(=O)c1ccc(Cl)cc1Br. The Morgan fingerprint density at radius 1 is 1.44 bits per heavy atom. The van der Waals surface area contributed by atoms with E-state index in [1.807, 2.05) is 6.92 Å². The molecular formula is C14H19BrClNO. The summed E-state index contributed by atoms with van der Waals surface area (Å²) in [5, 5.41) is 3.62. The molecule has 1 aromatic carbocycles. The largest absolute Gasteiger partial charge is 0.350 e. The van der Waals surface area contributed by atoms with Crippen molar-refractivity contribution >= 4 is 33.4 Å². The van der Waals surface area contributed by atoms with Crippen molar-refractivity contribution in [1.82, 2.24) is 5.32 Å². The van der Waals surface area contributed by atoms with E-state index in [1.165, 1.54) is 12.8 Å². The molecule has 0 fully saturated rings. The number of nitrogens with one attached hydrogen (secondary N) is 1. The molecule has 1 N–H and O–H groups in total. The lowest BCUT2D eigenvalue weighted by molar-refractivity contribution is 0.0937. The van der Waals surface area contributed by atoms with E-state index in [1.54, 1.807) is 18.2 Å². The van der Waals surface area contributed by atoms with Gasteiger partial charge in [0.1, 0.15) is 0 Å². The maximum atomic E-state index is 12.0. The highest BCUT2D eigenvalue weighted by molar-refractivity contribution is 9.10. The fourth-order valence-corrected chi connectivity index (χ4v) is 2.61. The van der Waals surface area contributed by atoms with Gasteiger partial charge in [-0.2, -0.15) is 0 Å². The first-order valence-electron chi connectivity index (χ1n) is 6.30. The fourth-order valence-electron chi connectivity index (χ4n) is 1.75. The summed E-state index contributed by atoms with van der Waals surface area (Å²) in [6, 6.07) is 5.40. The van der Waals surface area contributed by atoms with Crippen molar-refractivity contribution in [2.24, 2.45) is 0 Å². The molecule has 0 radical (unpaired) electrons. The van der Waals surface area contributed by atoms with Crippen LogP contribution in [0.1, 0.15) is 49.9 Å². The zero-order valence-electron chi connectivity index (χ0n) is 10.8. The first kappa shape index (κ1) is 15.5. The molecule has 1 atom stereocenters. The lowest BCUT2D eigenvalue weighted by atomic mass is 10.1. The van der Waals surface area contributed by atoms with E-state index in [9.17, 15) is 4.79 Å². The van der Waals surface area contributed by atoms with Gasteiger partial charge in [0.2, 0.25) is 0 Å². The lowest BCUT2D eigenvalue weighted by Crippen LogP contribution is -2.32. The molecule has 0 aliphatic carbocycles. The average Bonchev–Trinajstić information content (AvgIpc) is 2.28. The summed E-state index contributed by atoms with van der Waals surface area (Å²) in [7, 11) is 0. The highest BCUT2D eigenvalue weighted by Gasteiger charge is 2.12. The molecule has 0 aliphatic rings. The van der Waals surface area contributed by atoms with Crippen LogP contribution in [0.2, 0.25) is 5.02 Å². The highest BCUT2D eigenvalue weighted by Crippen LogP contribution is 2.21. The zero-order chi connectivity index (χ0) is 13.5. The molecule has 0 spiro atoms. The molecule has 18 heavy (non-hydrogen) atoms. The second-order valence-corrected chi connectivity index (χ2v) is 5.79. The Bertz CT molecular complexity index is 409. The van der Waals surface area contributed by atoms with Crippen LogP contribution >= 0.6 is 27.5 Å². The number of hydrogen-bond donors (Lipinski definition) is 1. The van der Waals surface area contributed by atoms with Crippen LogP contribution in [-0.4, -0.2) is 11.9 Å². The average molecular weight is 333 g/mol. The van der Waals surface area contributed by atoms with Crippen molar-refractivity contribution in [3.63, 3.8) is 0 Å². The highest BCUT2D eigenvalue weighted by atomic mass is 79.9. The molecule has 1 rings (SSSR count). The summed E-state index contributed by atoms with van der Waals surface area (Å²) in [5.74, 6) is -0.0532. The molecule has 4 heteroatoms. The topological polar surface area (TPSA) is 29.1 Å². The first-order chi connectivity index (χ1) is 8.54. The number of carbonyl (C=O) groups is 1. The molecule has 100 valence electrons. The summed E-state index contributed by atoms with van der Waals surface area (Å²) < 4.78 is 0.730. The summed E-state index contributed by atoms with van der Waals surface area (Å²) in [4.78, 5) is 12.0.